The average molecular weight is 477 g/mol. The first-order chi connectivity index (χ1) is 14.1. The molecule has 0 radical (unpaired) electrons. The topological polar surface area (TPSA) is 150 Å². The molecular formula is C18H18F3N3O5S2. The Balaban J connectivity index is 2.87. The van der Waals surface area contributed by atoms with Gasteiger partial charge in [-0.2, -0.15) is 18.2 Å². The Hall–Kier alpha value is -2.93. The number of sulfone groups is 2. The van der Waals surface area contributed by atoms with Crippen LogP contribution in [0.3, 0.4) is 0 Å². The summed E-state index contributed by atoms with van der Waals surface area (Å²) in [6, 6.07) is 4.65. The van der Waals surface area contributed by atoms with Crippen molar-refractivity contribution in [3.63, 3.8) is 0 Å². The molecule has 0 heterocycles. The second-order valence-corrected chi connectivity index (χ2v) is 10.4. The molecule has 0 saturated heterocycles. The fourth-order valence-corrected chi connectivity index (χ4v) is 5.69. The van der Waals surface area contributed by atoms with Crippen LogP contribution in [0.5, 0.6) is 0 Å². The molecule has 8 nitrogen and oxygen atoms in total. The normalized spacial score (nSPS) is 12.4. The zero-order valence-corrected chi connectivity index (χ0v) is 17.9. The Morgan fingerprint density at radius 3 is 2.13 bits per heavy atom. The van der Waals surface area contributed by atoms with E-state index < -0.39 is 58.0 Å². The summed E-state index contributed by atoms with van der Waals surface area (Å²) in [5, 5.41) is 0. The molecule has 0 aliphatic rings. The highest BCUT2D eigenvalue weighted by molar-refractivity contribution is 7.94. The molecule has 2 rings (SSSR count). The van der Waals surface area contributed by atoms with Gasteiger partial charge in [0.15, 0.2) is 15.8 Å². The molecule has 1 amide bonds. The molecule has 4 N–H and O–H groups in total. The van der Waals surface area contributed by atoms with Crippen LogP contribution in [0.25, 0.3) is 0 Å². The van der Waals surface area contributed by atoms with Crippen LogP contribution in [0.15, 0.2) is 56.1 Å². The monoisotopic (exact) mass is 477 g/mol. The van der Waals surface area contributed by atoms with E-state index in [-0.39, 0.29) is 17.5 Å². The minimum absolute atomic E-state index is 0.0796. The summed E-state index contributed by atoms with van der Waals surface area (Å²) in [5.41, 5.74) is 8.96. The van der Waals surface area contributed by atoms with Gasteiger partial charge >= 0.3 is 6.18 Å². The summed E-state index contributed by atoms with van der Waals surface area (Å²) in [6.07, 6.45) is -4.03. The van der Waals surface area contributed by atoms with Crippen LogP contribution in [0.2, 0.25) is 0 Å². The molecule has 2 aromatic rings. The Morgan fingerprint density at radius 2 is 1.65 bits per heavy atom. The van der Waals surface area contributed by atoms with Crippen molar-refractivity contribution in [2.45, 2.75) is 34.2 Å². The third-order valence-electron chi connectivity index (χ3n) is 4.17. The molecule has 0 aromatic heterocycles. The first-order valence-electron chi connectivity index (χ1n) is 8.52. The van der Waals surface area contributed by atoms with E-state index in [1.54, 1.807) is 6.92 Å². The molecule has 0 atom stereocenters. The van der Waals surface area contributed by atoms with Gasteiger partial charge in [0.25, 0.3) is 5.91 Å². The van der Waals surface area contributed by atoms with E-state index in [2.05, 4.69) is 4.99 Å². The van der Waals surface area contributed by atoms with Crippen molar-refractivity contribution in [3.8, 4) is 0 Å². The van der Waals surface area contributed by atoms with Crippen LogP contribution in [-0.4, -0.2) is 35.0 Å². The van der Waals surface area contributed by atoms with Crippen LogP contribution in [0.4, 0.5) is 13.2 Å². The summed E-state index contributed by atoms with van der Waals surface area (Å²) in [6.45, 7) is 1.56. The van der Waals surface area contributed by atoms with Crippen molar-refractivity contribution >= 4 is 31.5 Å². The molecule has 168 valence electrons. The quantitative estimate of drug-likeness (QED) is 0.493. The van der Waals surface area contributed by atoms with Crippen molar-refractivity contribution in [2.24, 2.45) is 16.5 Å². The summed E-state index contributed by atoms with van der Waals surface area (Å²) in [4.78, 5) is 13.3. The number of alkyl halides is 3. The Morgan fingerprint density at radius 1 is 1.03 bits per heavy atom. The van der Waals surface area contributed by atoms with Crippen LogP contribution >= 0.6 is 0 Å². The molecule has 0 unspecified atom stereocenters. The second-order valence-electron chi connectivity index (χ2n) is 6.45. The Bertz CT molecular complexity index is 1280. The number of aryl methyl sites for hydroxylation is 1. The number of nitrogens with two attached hydrogens (primary N) is 2. The van der Waals surface area contributed by atoms with Gasteiger partial charge in [-0.1, -0.05) is 13.0 Å². The zero-order valence-electron chi connectivity index (χ0n) is 16.3. The molecule has 13 heteroatoms. The first kappa shape index (κ1) is 24.3. The van der Waals surface area contributed by atoms with Crippen molar-refractivity contribution in [1.82, 2.24) is 0 Å². The number of carbonyl (C=O) groups is 1. The third kappa shape index (κ3) is 5.22. The summed E-state index contributed by atoms with van der Waals surface area (Å²) in [7, 11) is -8.95. The number of halogens is 3. The fourth-order valence-electron chi connectivity index (χ4n) is 2.74. The van der Waals surface area contributed by atoms with E-state index >= 15 is 0 Å². The lowest BCUT2D eigenvalue weighted by Crippen LogP contribution is -2.24. The van der Waals surface area contributed by atoms with Crippen molar-refractivity contribution in [3.05, 3.63) is 53.1 Å². The number of carbonyl (C=O) groups excluding carboxylic acids is 1. The number of amides is 1. The van der Waals surface area contributed by atoms with Crippen LogP contribution in [0.1, 0.15) is 28.4 Å². The Kier molecular flexibility index (Phi) is 6.52. The predicted octanol–water partition coefficient (Wildman–Crippen LogP) is 1.92. The molecule has 0 aliphatic carbocycles. The number of rotatable bonds is 5. The van der Waals surface area contributed by atoms with Gasteiger partial charge < -0.3 is 11.5 Å². The first-order valence-corrected chi connectivity index (χ1v) is 11.9. The number of aliphatic imine (C=N–C) groups is 1. The number of benzene rings is 2. The minimum atomic E-state index is -4.81. The van der Waals surface area contributed by atoms with Gasteiger partial charge in [-0.3, -0.25) is 4.79 Å². The van der Waals surface area contributed by atoms with Gasteiger partial charge in [0.1, 0.15) is 0 Å². The summed E-state index contributed by atoms with van der Waals surface area (Å²) < 4.78 is 90.0. The van der Waals surface area contributed by atoms with Crippen molar-refractivity contribution in [2.75, 3.05) is 6.26 Å². The van der Waals surface area contributed by atoms with E-state index in [1.165, 1.54) is 0 Å². The number of guanidine groups is 1. The highest BCUT2D eigenvalue weighted by atomic mass is 32.2. The maximum Gasteiger partial charge on any atom is 0.416 e. The SMILES string of the molecule is CCc1cc(S(=O)(=O)c2cccc(C(F)(F)F)c2)c(S(C)(=O)=O)cc1C(=O)N=C(N)N. The summed E-state index contributed by atoms with van der Waals surface area (Å²) >= 11 is 0. The molecule has 0 saturated carbocycles. The second kappa shape index (κ2) is 8.30. The standard InChI is InChI=1S/C18H18F3N3O5S2/c1-3-10-7-15(14(30(2,26)27)9-13(10)16(25)24-17(22)23)31(28,29)12-6-4-5-11(8-12)18(19,20)21/h4-9H,3H2,1-2H3,(H4,22,23,24,25). The molecule has 0 fully saturated rings. The highest BCUT2D eigenvalue weighted by Gasteiger charge is 2.34. The molecule has 2 aromatic carbocycles. The van der Waals surface area contributed by atoms with E-state index in [0.717, 1.165) is 24.3 Å². The van der Waals surface area contributed by atoms with E-state index in [4.69, 9.17) is 11.5 Å². The van der Waals surface area contributed by atoms with Crippen LogP contribution in [0, 0.1) is 0 Å². The molecule has 0 spiro atoms. The molecular weight excluding hydrogens is 459 g/mol. The minimum Gasteiger partial charge on any atom is -0.370 e. The fraction of sp³-hybridized carbons (Fsp3) is 0.222. The molecule has 31 heavy (non-hydrogen) atoms. The van der Waals surface area contributed by atoms with Gasteiger partial charge in [-0.25, -0.2) is 16.8 Å². The van der Waals surface area contributed by atoms with Gasteiger partial charge in [-0.05, 0) is 42.3 Å². The number of hydrogen-bond donors (Lipinski definition) is 2. The van der Waals surface area contributed by atoms with Gasteiger partial charge in [-0.15, -0.1) is 0 Å². The zero-order chi connectivity index (χ0) is 23.8. The lowest BCUT2D eigenvalue weighted by molar-refractivity contribution is -0.137. The molecule has 0 bridgehead atoms. The highest BCUT2D eigenvalue weighted by Crippen LogP contribution is 2.34. The van der Waals surface area contributed by atoms with Crippen LogP contribution in [-0.2, 0) is 32.3 Å². The van der Waals surface area contributed by atoms with Crippen LogP contribution < -0.4 is 11.5 Å². The molecule has 0 aliphatic heterocycles. The average Bonchev–Trinajstić information content (AvgIpc) is 2.65. The Labute approximate surface area is 176 Å². The van der Waals surface area contributed by atoms with E-state index in [9.17, 15) is 34.8 Å². The predicted molar refractivity (Wildman–Crippen MR) is 106 cm³/mol. The maximum atomic E-state index is 13.1. The smallest absolute Gasteiger partial charge is 0.370 e. The maximum absolute atomic E-state index is 13.1. The third-order valence-corrected chi connectivity index (χ3v) is 7.23. The largest absolute Gasteiger partial charge is 0.416 e. The lowest BCUT2D eigenvalue weighted by atomic mass is 10.0. The summed E-state index contributed by atoms with van der Waals surface area (Å²) in [5.74, 6) is -1.58. The van der Waals surface area contributed by atoms with Crippen molar-refractivity contribution in [1.29, 1.82) is 0 Å². The van der Waals surface area contributed by atoms with Gasteiger partial charge in [0.05, 0.1) is 20.2 Å². The van der Waals surface area contributed by atoms with E-state index in [1.807, 2.05) is 0 Å². The van der Waals surface area contributed by atoms with E-state index in [0.29, 0.717) is 18.4 Å². The van der Waals surface area contributed by atoms with Gasteiger partial charge in [0, 0.05) is 11.8 Å². The van der Waals surface area contributed by atoms with Crippen molar-refractivity contribution < 1.29 is 34.8 Å². The number of nitrogens with zero attached hydrogens (tertiary/aromatic N) is 1. The lowest BCUT2D eigenvalue weighted by Gasteiger charge is -2.15. The number of hydrogen-bond acceptors (Lipinski definition) is 5. The van der Waals surface area contributed by atoms with Gasteiger partial charge in [0.2, 0.25) is 9.84 Å².